The summed E-state index contributed by atoms with van der Waals surface area (Å²) in [6, 6.07) is 7.18. The van der Waals surface area contributed by atoms with Gasteiger partial charge in [0.2, 0.25) is 5.82 Å². The summed E-state index contributed by atoms with van der Waals surface area (Å²) >= 11 is 0. The Morgan fingerprint density at radius 1 is 1.30 bits per heavy atom. The van der Waals surface area contributed by atoms with E-state index in [1.54, 1.807) is 6.07 Å². The first kappa shape index (κ1) is 13.5. The number of alkyl halides is 3. The quantitative estimate of drug-likeness (QED) is 0.518. The highest BCUT2D eigenvalue weighted by Crippen LogP contribution is 2.29. The van der Waals surface area contributed by atoms with Crippen LogP contribution in [0.3, 0.4) is 0 Å². The third kappa shape index (κ3) is 2.59. The number of oxime groups is 1. The second-order valence-corrected chi connectivity index (χ2v) is 3.56. The van der Waals surface area contributed by atoms with E-state index in [2.05, 4.69) is 19.8 Å². The third-order valence-electron chi connectivity index (χ3n) is 2.29. The highest BCUT2D eigenvalue weighted by molar-refractivity contribution is 6.11. The Morgan fingerprint density at radius 3 is 2.40 bits per heavy atom. The molecular weight excluding hydrogens is 277 g/mol. The average Bonchev–Trinajstić information content (AvgIpc) is 2.90. The van der Waals surface area contributed by atoms with Gasteiger partial charge in [0, 0.05) is 11.1 Å². The zero-order valence-corrected chi connectivity index (χ0v) is 9.59. The van der Waals surface area contributed by atoms with Crippen molar-refractivity contribution in [3.05, 3.63) is 35.7 Å². The SMILES string of the molecule is N#CC(=NO)c1ccc(-c2noc(C(F)(F)F)n2)cc1. The smallest absolute Gasteiger partial charge is 0.410 e. The van der Waals surface area contributed by atoms with Gasteiger partial charge in [-0.1, -0.05) is 34.6 Å². The topological polar surface area (TPSA) is 95.3 Å². The van der Waals surface area contributed by atoms with Crippen LogP contribution in [0.15, 0.2) is 33.9 Å². The van der Waals surface area contributed by atoms with E-state index in [0.29, 0.717) is 5.56 Å². The van der Waals surface area contributed by atoms with Gasteiger partial charge >= 0.3 is 12.1 Å². The molecule has 0 amide bonds. The van der Waals surface area contributed by atoms with Crippen molar-refractivity contribution in [2.75, 3.05) is 0 Å². The maximum Gasteiger partial charge on any atom is 0.471 e. The Kier molecular flexibility index (Phi) is 3.39. The molecule has 1 N–H and O–H groups in total. The van der Waals surface area contributed by atoms with Crippen LogP contribution < -0.4 is 0 Å². The second-order valence-electron chi connectivity index (χ2n) is 3.56. The van der Waals surface area contributed by atoms with Gasteiger partial charge in [0.1, 0.15) is 6.07 Å². The lowest BCUT2D eigenvalue weighted by atomic mass is 10.1. The van der Waals surface area contributed by atoms with Crippen molar-refractivity contribution in [2.45, 2.75) is 6.18 Å². The van der Waals surface area contributed by atoms with Gasteiger partial charge in [-0.2, -0.15) is 23.4 Å². The van der Waals surface area contributed by atoms with E-state index in [-0.39, 0.29) is 17.1 Å². The summed E-state index contributed by atoms with van der Waals surface area (Å²) in [6.45, 7) is 0. The van der Waals surface area contributed by atoms with E-state index in [1.165, 1.54) is 24.3 Å². The molecule has 1 heterocycles. The van der Waals surface area contributed by atoms with E-state index in [0.717, 1.165) is 0 Å². The molecule has 0 bridgehead atoms. The van der Waals surface area contributed by atoms with Gasteiger partial charge < -0.3 is 9.73 Å². The van der Waals surface area contributed by atoms with E-state index in [9.17, 15) is 13.2 Å². The molecule has 9 heteroatoms. The number of aromatic nitrogens is 2. The minimum Gasteiger partial charge on any atom is -0.410 e. The molecule has 0 saturated carbocycles. The molecule has 1 aromatic heterocycles. The summed E-state index contributed by atoms with van der Waals surface area (Å²) in [5.41, 5.74) is 0.349. The van der Waals surface area contributed by atoms with Crippen LogP contribution in [0.25, 0.3) is 11.4 Å². The summed E-state index contributed by atoms with van der Waals surface area (Å²) in [5.74, 6) is -1.67. The van der Waals surface area contributed by atoms with Crippen molar-refractivity contribution in [1.29, 1.82) is 5.26 Å². The molecule has 0 saturated heterocycles. The lowest BCUT2D eigenvalue weighted by Gasteiger charge is -1.98. The van der Waals surface area contributed by atoms with Gasteiger partial charge in [-0.15, -0.1) is 0 Å². The van der Waals surface area contributed by atoms with E-state index >= 15 is 0 Å². The lowest BCUT2D eigenvalue weighted by Crippen LogP contribution is -2.04. The molecule has 20 heavy (non-hydrogen) atoms. The molecule has 102 valence electrons. The summed E-state index contributed by atoms with van der Waals surface area (Å²) in [7, 11) is 0. The van der Waals surface area contributed by atoms with Crippen LogP contribution in [0, 0.1) is 11.3 Å². The largest absolute Gasteiger partial charge is 0.471 e. The van der Waals surface area contributed by atoms with Crippen molar-refractivity contribution in [3.8, 4) is 17.5 Å². The number of rotatable bonds is 2. The predicted molar refractivity (Wildman–Crippen MR) is 58.7 cm³/mol. The van der Waals surface area contributed by atoms with Crippen molar-refractivity contribution in [2.24, 2.45) is 5.16 Å². The summed E-state index contributed by atoms with van der Waals surface area (Å²) < 4.78 is 41.0. The number of nitriles is 1. The van der Waals surface area contributed by atoms with E-state index in [1.807, 2.05) is 0 Å². The monoisotopic (exact) mass is 282 g/mol. The predicted octanol–water partition coefficient (Wildman–Crippen LogP) is 2.46. The molecule has 2 aromatic rings. The molecule has 1 aromatic carbocycles. The molecular formula is C11H5F3N4O2. The average molecular weight is 282 g/mol. The third-order valence-corrected chi connectivity index (χ3v) is 2.29. The van der Waals surface area contributed by atoms with Crippen LogP contribution in [0.5, 0.6) is 0 Å². The fraction of sp³-hybridized carbons (Fsp3) is 0.0909. The van der Waals surface area contributed by atoms with Crippen molar-refractivity contribution in [3.63, 3.8) is 0 Å². The normalized spacial score (nSPS) is 12.2. The fourth-order valence-electron chi connectivity index (χ4n) is 1.38. The van der Waals surface area contributed by atoms with Crippen LogP contribution in [0.2, 0.25) is 0 Å². The van der Waals surface area contributed by atoms with E-state index < -0.39 is 12.1 Å². The van der Waals surface area contributed by atoms with E-state index in [4.69, 9.17) is 10.5 Å². The Balaban J connectivity index is 2.32. The Morgan fingerprint density at radius 2 is 1.95 bits per heavy atom. The standard InChI is InChI=1S/C11H5F3N4O2/c12-11(13,14)10-16-9(18-20-10)7-3-1-6(2-4-7)8(5-15)17-19/h1-4,19H. The molecule has 2 rings (SSSR count). The van der Waals surface area contributed by atoms with Crippen LogP contribution in [-0.4, -0.2) is 21.1 Å². The lowest BCUT2D eigenvalue weighted by molar-refractivity contribution is -0.159. The summed E-state index contributed by atoms with van der Waals surface area (Å²) in [5, 5.41) is 23.2. The zero-order valence-electron chi connectivity index (χ0n) is 9.59. The number of nitrogens with zero attached hydrogens (tertiary/aromatic N) is 4. The van der Waals surface area contributed by atoms with Crippen LogP contribution in [0.1, 0.15) is 11.5 Å². The van der Waals surface area contributed by atoms with Gasteiger partial charge in [-0.05, 0) is 0 Å². The molecule has 0 aliphatic heterocycles. The fourth-order valence-corrected chi connectivity index (χ4v) is 1.38. The number of hydrogen-bond donors (Lipinski definition) is 1. The maximum atomic E-state index is 12.3. The van der Waals surface area contributed by atoms with Gasteiger partial charge in [-0.25, -0.2) is 0 Å². The molecule has 0 aliphatic rings. The minimum atomic E-state index is -4.71. The van der Waals surface area contributed by atoms with Gasteiger partial charge in [0.05, 0.1) is 0 Å². The summed E-state index contributed by atoms with van der Waals surface area (Å²) in [4.78, 5) is 3.22. The molecule has 0 unspecified atom stereocenters. The number of benzene rings is 1. The first-order valence-corrected chi connectivity index (χ1v) is 5.09. The highest BCUT2D eigenvalue weighted by atomic mass is 19.4. The summed E-state index contributed by atoms with van der Waals surface area (Å²) in [6.07, 6.45) is -4.71. The molecule has 6 nitrogen and oxygen atoms in total. The minimum absolute atomic E-state index is 0.222. The molecule has 0 atom stereocenters. The molecule has 0 radical (unpaired) electrons. The zero-order chi connectivity index (χ0) is 14.8. The van der Waals surface area contributed by atoms with Gasteiger partial charge in [0.25, 0.3) is 0 Å². The highest BCUT2D eigenvalue weighted by Gasteiger charge is 2.38. The Bertz CT molecular complexity index is 683. The van der Waals surface area contributed by atoms with Crippen LogP contribution in [-0.2, 0) is 6.18 Å². The molecule has 0 fully saturated rings. The van der Waals surface area contributed by atoms with Gasteiger partial charge in [0.15, 0.2) is 5.71 Å². The Hall–Kier alpha value is -2.89. The van der Waals surface area contributed by atoms with Crippen molar-refractivity contribution < 1.29 is 22.9 Å². The van der Waals surface area contributed by atoms with Gasteiger partial charge in [-0.3, -0.25) is 0 Å². The van der Waals surface area contributed by atoms with Crippen molar-refractivity contribution >= 4 is 5.71 Å². The number of hydrogen-bond acceptors (Lipinski definition) is 6. The van der Waals surface area contributed by atoms with Crippen LogP contribution >= 0.6 is 0 Å². The first-order chi connectivity index (χ1) is 9.45. The number of halogens is 3. The van der Waals surface area contributed by atoms with Crippen molar-refractivity contribution in [1.82, 2.24) is 10.1 Å². The first-order valence-electron chi connectivity index (χ1n) is 5.09. The maximum absolute atomic E-state index is 12.3. The van der Waals surface area contributed by atoms with Crippen LogP contribution in [0.4, 0.5) is 13.2 Å². The molecule has 0 aliphatic carbocycles. The molecule has 0 spiro atoms. The Labute approximate surface area is 109 Å². The second kappa shape index (κ2) is 5.00.